The van der Waals surface area contributed by atoms with Crippen LogP contribution in [-0.2, 0) is 11.2 Å². The SMILES string of the molecule is Cc1cc(C)n2nc(CC(=O)NC(c3ccc4c(c3)OCCO4)C(C)C)nc2n1. The molecule has 0 aliphatic carbocycles. The summed E-state index contributed by atoms with van der Waals surface area (Å²) in [4.78, 5) is 21.5. The Kier molecular flexibility index (Phi) is 5.08. The average molecular weight is 395 g/mol. The van der Waals surface area contributed by atoms with Crippen LogP contribution >= 0.6 is 0 Å². The van der Waals surface area contributed by atoms with Gasteiger partial charge in [0.15, 0.2) is 17.3 Å². The van der Waals surface area contributed by atoms with Crippen LogP contribution in [0, 0.1) is 19.8 Å². The number of hydrogen-bond donors (Lipinski definition) is 1. The van der Waals surface area contributed by atoms with Gasteiger partial charge in [-0.3, -0.25) is 4.79 Å². The van der Waals surface area contributed by atoms with Crippen molar-refractivity contribution in [1.82, 2.24) is 24.9 Å². The summed E-state index contributed by atoms with van der Waals surface area (Å²) in [6, 6.07) is 7.59. The lowest BCUT2D eigenvalue weighted by Crippen LogP contribution is -2.33. The monoisotopic (exact) mass is 395 g/mol. The summed E-state index contributed by atoms with van der Waals surface area (Å²) in [5.41, 5.74) is 2.79. The standard InChI is InChI=1S/C21H25N5O3/c1-12(2)20(15-5-6-16-17(10-15)29-8-7-28-16)24-19(27)11-18-23-21-22-13(3)9-14(4)26(21)25-18/h5-6,9-10,12,20H,7-8,11H2,1-4H3,(H,24,27). The topological polar surface area (TPSA) is 90.6 Å². The predicted molar refractivity (Wildman–Crippen MR) is 107 cm³/mol. The first-order valence-electron chi connectivity index (χ1n) is 9.79. The van der Waals surface area contributed by atoms with E-state index in [1.54, 1.807) is 4.52 Å². The Bertz CT molecular complexity index is 1060. The molecule has 1 N–H and O–H groups in total. The molecule has 1 aliphatic rings. The zero-order valence-corrected chi connectivity index (χ0v) is 17.1. The maximum absolute atomic E-state index is 12.7. The van der Waals surface area contributed by atoms with Gasteiger partial charge in [-0.1, -0.05) is 19.9 Å². The van der Waals surface area contributed by atoms with E-state index in [1.165, 1.54) is 0 Å². The number of benzene rings is 1. The van der Waals surface area contributed by atoms with Gasteiger partial charge < -0.3 is 14.8 Å². The smallest absolute Gasteiger partial charge is 0.252 e. The molecule has 0 radical (unpaired) electrons. The summed E-state index contributed by atoms with van der Waals surface area (Å²) in [7, 11) is 0. The number of ether oxygens (including phenoxy) is 2. The molecule has 3 heterocycles. The predicted octanol–water partition coefficient (Wildman–Crippen LogP) is 2.57. The van der Waals surface area contributed by atoms with Crippen molar-refractivity contribution in [2.24, 2.45) is 5.92 Å². The van der Waals surface area contributed by atoms with Crippen LogP contribution in [-0.4, -0.2) is 38.7 Å². The molecule has 8 heteroatoms. The fourth-order valence-corrected chi connectivity index (χ4v) is 3.54. The van der Waals surface area contributed by atoms with Gasteiger partial charge in [-0.15, -0.1) is 5.10 Å². The van der Waals surface area contributed by atoms with E-state index >= 15 is 0 Å². The second-order valence-electron chi connectivity index (χ2n) is 7.65. The van der Waals surface area contributed by atoms with Crippen LogP contribution in [0.15, 0.2) is 24.3 Å². The molecule has 1 aliphatic heterocycles. The highest BCUT2D eigenvalue weighted by Gasteiger charge is 2.22. The number of rotatable bonds is 5. The third kappa shape index (κ3) is 4.01. The summed E-state index contributed by atoms with van der Waals surface area (Å²) < 4.78 is 12.9. The molecule has 1 unspecified atom stereocenters. The maximum atomic E-state index is 12.7. The number of nitrogens with one attached hydrogen (secondary N) is 1. The summed E-state index contributed by atoms with van der Waals surface area (Å²) >= 11 is 0. The number of hydrogen-bond acceptors (Lipinski definition) is 6. The lowest BCUT2D eigenvalue weighted by Gasteiger charge is -2.25. The molecule has 1 atom stereocenters. The van der Waals surface area contributed by atoms with Crippen LogP contribution in [0.3, 0.4) is 0 Å². The molecule has 0 saturated carbocycles. The molecular formula is C21H25N5O3. The Hall–Kier alpha value is -3.16. The number of carbonyl (C=O) groups is 1. The summed E-state index contributed by atoms with van der Waals surface area (Å²) in [6.45, 7) is 9.08. The van der Waals surface area contributed by atoms with Crippen molar-refractivity contribution in [3.8, 4) is 11.5 Å². The zero-order valence-electron chi connectivity index (χ0n) is 17.1. The van der Waals surface area contributed by atoms with Crippen LogP contribution in [0.2, 0.25) is 0 Å². The number of aromatic nitrogens is 4. The third-order valence-corrected chi connectivity index (χ3v) is 4.89. The third-order valence-electron chi connectivity index (χ3n) is 4.89. The van der Waals surface area contributed by atoms with E-state index in [4.69, 9.17) is 9.47 Å². The quantitative estimate of drug-likeness (QED) is 0.714. The van der Waals surface area contributed by atoms with Crippen molar-refractivity contribution >= 4 is 11.7 Å². The van der Waals surface area contributed by atoms with Crippen molar-refractivity contribution in [2.75, 3.05) is 13.2 Å². The first-order chi connectivity index (χ1) is 13.9. The lowest BCUT2D eigenvalue weighted by atomic mass is 9.95. The highest BCUT2D eigenvalue weighted by atomic mass is 16.6. The van der Waals surface area contributed by atoms with Gasteiger partial charge in [0, 0.05) is 11.4 Å². The molecule has 0 bridgehead atoms. The van der Waals surface area contributed by atoms with Crippen molar-refractivity contribution in [3.63, 3.8) is 0 Å². The van der Waals surface area contributed by atoms with Gasteiger partial charge in [-0.2, -0.15) is 4.98 Å². The Balaban J connectivity index is 1.51. The maximum Gasteiger partial charge on any atom is 0.252 e. The van der Waals surface area contributed by atoms with E-state index in [0.29, 0.717) is 30.6 Å². The fraction of sp³-hybridized carbons (Fsp3) is 0.429. The van der Waals surface area contributed by atoms with Crippen LogP contribution in [0.4, 0.5) is 0 Å². The second-order valence-corrected chi connectivity index (χ2v) is 7.65. The van der Waals surface area contributed by atoms with E-state index in [9.17, 15) is 4.79 Å². The minimum atomic E-state index is -0.155. The molecule has 3 aromatic rings. The van der Waals surface area contributed by atoms with Crippen LogP contribution in [0.1, 0.15) is 42.7 Å². The Morgan fingerprint density at radius 2 is 1.90 bits per heavy atom. The van der Waals surface area contributed by atoms with Gasteiger partial charge in [0.05, 0.1) is 12.5 Å². The molecule has 152 valence electrons. The van der Waals surface area contributed by atoms with Gasteiger partial charge in [0.25, 0.3) is 5.78 Å². The highest BCUT2D eigenvalue weighted by Crippen LogP contribution is 2.34. The zero-order chi connectivity index (χ0) is 20.5. The molecule has 0 fully saturated rings. The van der Waals surface area contributed by atoms with Crippen molar-refractivity contribution < 1.29 is 14.3 Å². The Morgan fingerprint density at radius 3 is 2.66 bits per heavy atom. The molecule has 1 aromatic carbocycles. The number of nitrogens with zero attached hydrogens (tertiary/aromatic N) is 4. The van der Waals surface area contributed by atoms with Crippen molar-refractivity contribution in [1.29, 1.82) is 0 Å². The van der Waals surface area contributed by atoms with Gasteiger partial charge in [-0.25, -0.2) is 9.50 Å². The molecule has 1 amide bonds. The first-order valence-corrected chi connectivity index (χ1v) is 9.79. The molecule has 4 rings (SSSR count). The summed E-state index contributed by atoms with van der Waals surface area (Å²) in [6.07, 6.45) is 0.0929. The molecule has 0 saturated heterocycles. The Labute approximate surface area is 169 Å². The highest BCUT2D eigenvalue weighted by molar-refractivity contribution is 5.78. The normalized spacial score (nSPS) is 14.2. The number of carbonyl (C=O) groups excluding carboxylic acids is 1. The molecule has 8 nitrogen and oxygen atoms in total. The average Bonchev–Trinajstić information content (AvgIpc) is 3.08. The lowest BCUT2D eigenvalue weighted by molar-refractivity contribution is -0.121. The van der Waals surface area contributed by atoms with E-state index in [2.05, 4.69) is 34.2 Å². The Morgan fingerprint density at radius 1 is 1.14 bits per heavy atom. The largest absolute Gasteiger partial charge is 0.486 e. The second kappa shape index (κ2) is 7.69. The van der Waals surface area contributed by atoms with Crippen LogP contribution in [0.25, 0.3) is 5.78 Å². The number of fused-ring (bicyclic) bond motifs is 2. The van der Waals surface area contributed by atoms with Crippen LogP contribution < -0.4 is 14.8 Å². The number of amides is 1. The van der Waals surface area contributed by atoms with Gasteiger partial charge in [-0.05, 0) is 43.5 Å². The summed E-state index contributed by atoms with van der Waals surface area (Å²) in [5, 5.41) is 7.53. The summed E-state index contributed by atoms with van der Waals surface area (Å²) in [5.74, 6) is 2.48. The first kappa shape index (κ1) is 19.2. The van der Waals surface area contributed by atoms with E-state index in [0.717, 1.165) is 22.7 Å². The minimum absolute atomic E-state index is 0.0929. The van der Waals surface area contributed by atoms with Gasteiger partial charge in [0.2, 0.25) is 5.91 Å². The molecule has 29 heavy (non-hydrogen) atoms. The minimum Gasteiger partial charge on any atom is -0.486 e. The van der Waals surface area contributed by atoms with Crippen LogP contribution in [0.5, 0.6) is 11.5 Å². The van der Waals surface area contributed by atoms with E-state index in [1.807, 2.05) is 38.1 Å². The van der Waals surface area contributed by atoms with Gasteiger partial charge in [0.1, 0.15) is 13.2 Å². The molecule has 0 spiro atoms. The molecular weight excluding hydrogens is 370 g/mol. The number of aryl methyl sites for hydroxylation is 2. The fourth-order valence-electron chi connectivity index (χ4n) is 3.54. The van der Waals surface area contributed by atoms with E-state index < -0.39 is 0 Å². The molecule has 2 aromatic heterocycles. The van der Waals surface area contributed by atoms with E-state index in [-0.39, 0.29) is 24.3 Å². The van der Waals surface area contributed by atoms with Crippen molar-refractivity contribution in [3.05, 3.63) is 47.0 Å². The van der Waals surface area contributed by atoms with Crippen molar-refractivity contribution in [2.45, 2.75) is 40.2 Å². The van der Waals surface area contributed by atoms with Gasteiger partial charge >= 0.3 is 0 Å².